The first-order valence-electron chi connectivity index (χ1n) is 6.80. The molecule has 3 nitrogen and oxygen atoms in total. The summed E-state index contributed by atoms with van der Waals surface area (Å²) in [6.45, 7) is 3.03. The second kappa shape index (κ2) is 5.17. The molecule has 0 spiro atoms. The predicted molar refractivity (Wildman–Crippen MR) is 65.0 cm³/mol. The molecule has 92 valence electrons. The highest BCUT2D eigenvalue weighted by molar-refractivity contribution is 5.82. The maximum absolute atomic E-state index is 12.2. The van der Waals surface area contributed by atoms with Gasteiger partial charge in [0.05, 0.1) is 6.04 Å². The SMILES string of the molecule is CCCC(N)C(=O)N1CCCC1C1CCC1. The van der Waals surface area contributed by atoms with Gasteiger partial charge < -0.3 is 10.6 Å². The Hall–Kier alpha value is -0.570. The number of hydrogen-bond acceptors (Lipinski definition) is 2. The molecule has 1 saturated heterocycles. The number of likely N-dealkylation sites (tertiary alicyclic amines) is 1. The van der Waals surface area contributed by atoms with E-state index in [1.54, 1.807) is 0 Å². The van der Waals surface area contributed by atoms with Gasteiger partial charge >= 0.3 is 0 Å². The van der Waals surface area contributed by atoms with E-state index in [-0.39, 0.29) is 11.9 Å². The lowest BCUT2D eigenvalue weighted by atomic mass is 9.78. The third kappa shape index (κ3) is 2.24. The molecule has 3 heteroatoms. The van der Waals surface area contributed by atoms with Crippen molar-refractivity contribution in [1.82, 2.24) is 4.90 Å². The van der Waals surface area contributed by atoms with Gasteiger partial charge in [0.15, 0.2) is 0 Å². The Balaban J connectivity index is 1.93. The summed E-state index contributed by atoms with van der Waals surface area (Å²) >= 11 is 0. The molecule has 2 atom stereocenters. The van der Waals surface area contributed by atoms with Gasteiger partial charge in [-0.1, -0.05) is 19.8 Å². The van der Waals surface area contributed by atoms with E-state index >= 15 is 0 Å². The lowest BCUT2D eigenvalue weighted by Gasteiger charge is -2.37. The summed E-state index contributed by atoms with van der Waals surface area (Å²) in [4.78, 5) is 14.3. The largest absolute Gasteiger partial charge is 0.338 e. The Kier molecular flexibility index (Phi) is 3.85. The number of carbonyl (C=O) groups excluding carboxylic acids is 1. The van der Waals surface area contributed by atoms with Crippen LogP contribution in [-0.2, 0) is 4.79 Å². The van der Waals surface area contributed by atoms with Gasteiger partial charge in [-0.3, -0.25) is 4.79 Å². The maximum Gasteiger partial charge on any atom is 0.239 e. The Bertz CT molecular complexity index is 250. The van der Waals surface area contributed by atoms with Crippen molar-refractivity contribution < 1.29 is 4.79 Å². The molecule has 2 aliphatic rings. The third-order valence-corrected chi connectivity index (χ3v) is 4.19. The molecule has 2 fully saturated rings. The molecule has 0 aromatic carbocycles. The fraction of sp³-hybridized carbons (Fsp3) is 0.923. The van der Waals surface area contributed by atoms with Gasteiger partial charge in [-0.15, -0.1) is 0 Å². The Morgan fingerprint density at radius 3 is 2.69 bits per heavy atom. The van der Waals surface area contributed by atoms with Gasteiger partial charge in [-0.2, -0.15) is 0 Å². The van der Waals surface area contributed by atoms with E-state index in [4.69, 9.17) is 5.73 Å². The first kappa shape index (κ1) is 11.9. The minimum absolute atomic E-state index is 0.205. The van der Waals surface area contributed by atoms with Crippen LogP contribution in [0.4, 0.5) is 0 Å². The molecule has 0 radical (unpaired) electrons. The van der Waals surface area contributed by atoms with Gasteiger partial charge in [-0.05, 0) is 38.0 Å². The minimum atomic E-state index is -0.259. The van der Waals surface area contributed by atoms with E-state index in [0.717, 1.165) is 25.3 Å². The monoisotopic (exact) mass is 224 g/mol. The number of hydrogen-bond donors (Lipinski definition) is 1. The summed E-state index contributed by atoms with van der Waals surface area (Å²) in [5, 5.41) is 0. The lowest BCUT2D eigenvalue weighted by Crippen LogP contribution is -2.49. The minimum Gasteiger partial charge on any atom is -0.338 e. The molecule has 0 aromatic rings. The van der Waals surface area contributed by atoms with Crippen molar-refractivity contribution >= 4 is 5.91 Å². The van der Waals surface area contributed by atoms with Gasteiger partial charge in [-0.25, -0.2) is 0 Å². The molecule has 2 N–H and O–H groups in total. The first-order valence-corrected chi connectivity index (χ1v) is 6.80. The normalized spacial score (nSPS) is 27.9. The molecule has 2 rings (SSSR count). The van der Waals surface area contributed by atoms with E-state index in [1.807, 2.05) is 0 Å². The Morgan fingerprint density at radius 2 is 2.12 bits per heavy atom. The second-order valence-corrected chi connectivity index (χ2v) is 5.33. The van der Waals surface area contributed by atoms with E-state index in [1.165, 1.54) is 32.1 Å². The molecule has 2 unspecified atom stereocenters. The quantitative estimate of drug-likeness (QED) is 0.793. The molecule has 0 bridgehead atoms. The molecule has 0 aromatic heterocycles. The topological polar surface area (TPSA) is 46.3 Å². The number of nitrogens with zero attached hydrogens (tertiary/aromatic N) is 1. The molecule has 1 amide bonds. The second-order valence-electron chi connectivity index (χ2n) is 5.33. The van der Waals surface area contributed by atoms with Crippen molar-refractivity contribution in [3.63, 3.8) is 0 Å². The molecule has 1 heterocycles. The van der Waals surface area contributed by atoms with E-state index < -0.39 is 0 Å². The fourth-order valence-electron chi connectivity index (χ4n) is 3.03. The summed E-state index contributed by atoms with van der Waals surface area (Å²) in [5.74, 6) is 0.983. The van der Waals surface area contributed by atoms with Crippen LogP contribution in [0, 0.1) is 5.92 Å². The van der Waals surface area contributed by atoms with Gasteiger partial charge in [0.2, 0.25) is 5.91 Å². The van der Waals surface area contributed by atoms with E-state index in [9.17, 15) is 4.79 Å². The molecular formula is C13H24N2O. The van der Waals surface area contributed by atoms with Crippen LogP contribution in [0.2, 0.25) is 0 Å². The molecular weight excluding hydrogens is 200 g/mol. The van der Waals surface area contributed by atoms with E-state index in [2.05, 4.69) is 11.8 Å². The predicted octanol–water partition coefficient (Wildman–Crippen LogP) is 1.90. The average molecular weight is 224 g/mol. The van der Waals surface area contributed by atoms with Crippen molar-refractivity contribution in [3.05, 3.63) is 0 Å². The number of rotatable bonds is 4. The fourth-order valence-corrected chi connectivity index (χ4v) is 3.03. The summed E-state index contributed by atoms with van der Waals surface area (Å²) in [5.41, 5.74) is 5.94. The molecule has 1 aliphatic carbocycles. The zero-order valence-corrected chi connectivity index (χ0v) is 10.3. The first-order chi connectivity index (χ1) is 7.74. The van der Waals surface area contributed by atoms with Crippen molar-refractivity contribution in [2.75, 3.05) is 6.54 Å². The van der Waals surface area contributed by atoms with Gasteiger partial charge in [0, 0.05) is 12.6 Å². The maximum atomic E-state index is 12.2. The third-order valence-electron chi connectivity index (χ3n) is 4.19. The van der Waals surface area contributed by atoms with Crippen LogP contribution in [0.1, 0.15) is 51.9 Å². The van der Waals surface area contributed by atoms with Crippen LogP contribution >= 0.6 is 0 Å². The van der Waals surface area contributed by atoms with Gasteiger partial charge in [0.25, 0.3) is 0 Å². The standard InChI is InChI=1S/C13H24N2O/c1-2-5-11(14)13(16)15-9-4-8-12(15)10-6-3-7-10/h10-12H,2-9,14H2,1H3. The zero-order valence-electron chi connectivity index (χ0n) is 10.3. The number of amides is 1. The highest BCUT2D eigenvalue weighted by Gasteiger charge is 2.38. The van der Waals surface area contributed by atoms with Crippen molar-refractivity contribution in [3.8, 4) is 0 Å². The summed E-state index contributed by atoms with van der Waals surface area (Å²) in [7, 11) is 0. The van der Waals surface area contributed by atoms with Crippen LogP contribution in [0.25, 0.3) is 0 Å². The lowest BCUT2D eigenvalue weighted by molar-refractivity contribution is -0.135. The molecule has 1 saturated carbocycles. The van der Waals surface area contributed by atoms with Crippen LogP contribution in [-0.4, -0.2) is 29.4 Å². The van der Waals surface area contributed by atoms with Crippen LogP contribution < -0.4 is 5.73 Å². The van der Waals surface area contributed by atoms with Crippen LogP contribution in [0.3, 0.4) is 0 Å². The highest BCUT2D eigenvalue weighted by atomic mass is 16.2. The summed E-state index contributed by atoms with van der Waals surface area (Å²) in [6, 6.07) is 0.259. The number of carbonyl (C=O) groups is 1. The average Bonchev–Trinajstić information content (AvgIpc) is 2.63. The van der Waals surface area contributed by atoms with Crippen LogP contribution in [0.5, 0.6) is 0 Å². The molecule has 16 heavy (non-hydrogen) atoms. The zero-order chi connectivity index (χ0) is 11.5. The Labute approximate surface area is 98.4 Å². The van der Waals surface area contributed by atoms with E-state index in [0.29, 0.717) is 6.04 Å². The molecule has 1 aliphatic heterocycles. The summed E-state index contributed by atoms with van der Waals surface area (Å²) < 4.78 is 0. The van der Waals surface area contributed by atoms with Gasteiger partial charge in [0.1, 0.15) is 0 Å². The highest BCUT2D eigenvalue weighted by Crippen LogP contribution is 2.37. The smallest absolute Gasteiger partial charge is 0.239 e. The van der Waals surface area contributed by atoms with Crippen molar-refractivity contribution in [1.29, 1.82) is 0 Å². The Morgan fingerprint density at radius 1 is 1.38 bits per heavy atom. The van der Waals surface area contributed by atoms with Crippen molar-refractivity contribution in [2.45, 2.75) is 64.0 Å². The van der Waals surface area contributed by atoms with Crippen molar-refractivity contribution in [2.24, 2.45) is 11.7 Å². The summed E-state index contributed by atoms with van der Waals surface area (Å²) in [6.07, 6.45) is 8.18. The number of nitrogens with two attached hydrogens (primary N) is 1. The van der Waals surface area contributed by atoms with Crippen LogP contribution in [0.15, 0.2) is 0 Å².